The van der Waals surface area contributed by atoms with Crippen LogP contribution in [0.4, 0.5) is 0 Å². The fourth-order valence-electron chi connectivity index (χ4n) is 1.73. The summed E-state index contributed by atoms with van der Waals surface area (Å²) in [6.07, 6.45) is 5.25. The van der Waals surface area contributed by atoms with E-state index in [2.05, 4.69) is 4.98 Å². The molecule has 0 unspecified atom stereocenters. The summed E-state index contributed by atoms with van der Waals surface area (Å²) in [5, 5.41) is 8.82. The van der Waals surface area contributed by atoms with E-state index in [0.29, 0.717) is 23.8 Å². The molecule has 1 aliphatic rings. The number of rotatable bonds is 4. The van der Waals surface area contributed by atoms with Crippen molar-refractivity contribution in [1.82, 2.24) is 4.98 Å². The van der Waals surface area contributed by atoms with Crippen LogP contribution in [0.25, 0.3) is 0 Å². The van der Waals surface area contributed by atoms with Gasteiger partial charge in [-0.15, -0.1) is 0 Å². The first kappa shape index (κ1) is 10.9. The molecule has 0 aliphatic heterocycles. The molecular weight excluding hydrogens is 206 g/mol. The number of hydrogen-bond acceptors (Lipinski definition) is 3. The first-order valence-electron chi connectivity index (χ1n) is 5.49. The van der Waals surface area contributed by atoms with Crippen LogP contribution in [-0.4, -0.2) is 22.7 Å². The lowest BCUT2D eigenvalue weighted by Gasteiger charge is -2.25. The molecule has 1 aromatic heterocycles. The van der Waals surface area contributed by atoms with Crippen molar-refractivity contribution in [1.29, 1.82) is 0 Å². The van der Waals surface area contributed by atoms with Gasteiger partial charge in [-0.2, -0.15) is 0 Å². The average molecular weight is 221 g/mol. The van der Waals surface area contributed by atoms with Crippen LogP contribution < -0.4 is 4.74 Å². The predicted molar refractivity (Wildman–Crippen MR) is 58.8 cm³/mol. The van der Waals surface area contributed by atoms with Crippen molar-refractivity contribution in [2.24, 2.45) is 5.92 Å². The van der Waals surface area contributed by atoms with E-state index in [-0.39, 0.29) is 5.69 Å². The smallest absolute Gasteiger partial charge is 0.354 e. The summed E-state index contributed by atoms with van der Waals surface area (Å²) in [7, 11) is 0. The van der Waals surface area contributed by atoms with Gasteiger partial charge in [0, 0.05) is 0 Å². The summed E-state index contributed by atoms with van der Waals surface area (Å²) in [4.78, 5) is 14.6. The molecule has 0 spiro atoms. The van der Waals surface area contributed by atoms with E-state index < -0.39 is 5.97 Å². The Morgan fingerprint density at radius 2 is 2.38 bits per heavy atom. The molecule has 4 nitrogen and oxygen atoms in total. The molecular formula is C12H15NO3. The number of carboxylic acids is 1. The molecule has 2 rings (SSSR count). The summed E-state index contributed by atoms with van der Waals surface area (Å²) in [5.74, 6) is 0.330. The lowest BCUT2D eigenvalue weighted by molar-refractivity contribution is 0.0689. The molecule has 0 saturated heterocycles. The van der Waals surface area contributed by atoms with Gasteiger partial charge in [-0.1, -0.05) is 6.42 Å². The quantitative estimate of drug-likeness (QED) is 0.847. The first-order chi connectivity index (χ1) is 7.66. The van der Waals surface area contributed by atoms with E-state index in [0.717, 1.165) is 0 Å². The molecule has 0 radical (unpaired) electrons. The molecule has 1 aromatic rings. The third kappa shape index (κ3) is 2.32. The Hall–Kier alpha value is -1.58. The Kier molecular flexibility index (Phi) is 3.08. The highest BCUT2D eigenvalue weighted by molar-refractivity contribution is 5.87. The Morgan fingerprint density at radius 3 is 2.88 bits per heavy atom. The Morgan fingerprint density at radius 1 is 1.62 bits per heavy atom. The van der Waals surface area contributed by atoms with Gasteiger partial charge in [0.25, 0.3) is 0 Å². The number of aromatic nitrogens is 1. The van der Waals surface area contributed by atoms with Gasteiger partial charge < -0.3 is 9.84 Å². The van der Waals surface area contributed by atoms with Crippen LogP contribution in [0.2, 0.25) is 0 Å². The third-order valence-corrected chi connectivity index (χ3v) is 2.97. The molecule has 1 heterocycles. The maximum Gasteiger partial charge on any atom is 0.354 e. The first-order valence-corrected chi connectivity index (χ1v) is 5.49. The van der Waals surface area contributed by atoms with Gasteiger partial charge in [-0.05, 0) is 37.3 Å². The lowest BCUT2D eigenvalue weighted by atomic mass is 9.86. The minimum absolute atomic E-state index is 0.0935. The Balaban J connectivity index is 1.99. The van der Waals surface area contributed by atoms with Gasteiger partial charge in [0.15, 0.2) is 5.69 Å². The number of carboxylic acid groups (broad SMARTS) is 1. The summed E-state index contributed by atoms with van der Waals surface area (Å²) in [6.45, 7) is 2.44. The van der Waals surface area contributed by atoms with Crippen LogP contribution in [-0.2, 0) is 0 Å². The van der Waals surface area contributed by atoms with Crippen molar-refractivity contribution in [2.75, 3.05) is 6.61 Å². The Bertz CT molecular complexity index is 399. The van der Waals surface area contributed by atoms with Crippen LogP contribution in [0.1, 0.15) is 35.3 Å². The standard InChI is InChI=1S/C12H15NO3/c1-8-5-10(6-13-11(8)12(14)15)16-7-9-3-2-4-9/h5-6,9H,2-4,7H2,1H3,(H,14,15). The molecule has 0 bridgehead atoms. The van der Waals surface area contributed by atoms with E-state index in [1.807, 2.05) is 0 Å². The summed E-state index contributed by atoms with van der Waals surface area (Å²) in [6, 6.07) is 1.73. The number of aryl methyl sites for hydroxylation is 1. The van der Waals surface area contributed by atoms with Crippen molar-refractivity contribution >= 4 is 5.97 Å². The van der Waals surface area contributed by atoms with E-state index in [4.69, 9.17) is 9.84 Å². The zero-order valence-electron chi connectivity index (χ0n) is 9.27. The fraction of sp³-hybridized carbons (Fsp3) is 0.500. The molecule has 86 valence electrons. The number of nitrogens with zero attached hydrogens (tertiary/aromatic N) is 1. The fourth-order valence-corrected chi connectivity index (χ4v) is 1.73. The highest BCUT2D eigenvalue weighted by Crippen LogP contribution is 2.27. The van der Waals surface area contributed by atoms with Gasteiger partial charge in [0.1, 0.15) is 5.75 Å². The highest BCUT2D eigenvalue weighted by Gasteiger charge is 2.18. The monoisotopic (exact) mass is 221 g/mol. The predicted octanol–water partition coefficient (Wildman–Crippen LogP) is 2.27. The van der Waals surface area contributed by atoms with E-state index in [1.54, 1.807) is 13.0 Å². The lowest BCUT2D eigenvalue weighted by Crippen LogP contribution is -2.19. The number of ether oxygens (including phenoxy) is 1. The summed E-state index contributed by atoms with van der Waals surface area (Å²) in [5.41, 5.74) is 0.731. The van der Waals surface area contributed by atoms with Crippen molar-refractivity contribution in [2.45, 2.75) is 26.2 Å². The van der Waals surface area contributed by atoms with Crippen LogP contribution >= 0.6 is 0 Å². The van der Waals surface area contributed by atoms with Crippen LogP contribution in [0, 0.1) is 12.8 Å². The minimum Gasteiger partial charge on any atom is -0.492 e. The minimum atomic E-state index is -0.997. The molecule has 0 amide bonds. The van der Waals surface area contributed by atoms with Gasteiger partial charge in [0.05, 0.1) is 12.8 Å². The van der Waals surface area contributed by atoms with Crippen molar-refractivity contribution in [3.05, 3.63) is 23.5 Å². The zero-order chi connectivity index (χ0) is 11.5. The zero-order valence-corrected chi connectivity index (χ0v) is 9.27. The summed E-state index contributed by atoms with van der Waals surface area (Å²) >= 11 is 0. The van der Waals surface area contributed by atoms with Crippen molar-refractivity contribution < 1.29 is 14.6 Å². The molecule has 16 heavy (non-hydrogen) atoms. The second kappa shape index (κ2) is 4.51. The van der Waals surface area contributed by atoms with Crippen molar-refractivity contribution in [3.8, 4) is 5.75 Å². The molecule has 1 N–H and O–H groups in total. The Labute approximate surface area is 94.3 Å². The average Bonchev–Trinajstić information content (AvgIpc) is 2.14. The van der Waals surface area contributed by atoms with E-state index in [1.165, 1.54) is 25.5 Å². The second-order valence-electron chi connectivity index (χ2n) is 4.25. The normalized spacial score (nSPS) is 15.6. The molecule has 0 atom stereocenters. The summed E-state index contributed by atoms with van der Waals surface area (Å²) < 4.78 is 5.57. The van der Waals surface area contributed by atoms with Gasteiger partial charge in [0.2, 0.25) is 0 Å². The third-order valence-electron chi connectivity index (χ3n) is 2.97. The molecule has 1 saturated carbocycles. The maximum atomic E-state index is 10.8. The SMILES string of the molecule is Cc1cc(OCC2CCC2)cnc1C(=O)O. The molecule has 0 aromatic carbocycles. The molecule has 1 fully saturated rings. The number of carbonyl (C=O) groups is 1. The van der Waals surface area contributed by atoms with Gasteiger partial charge in [-0.25, -0.2) is 9.78 Å². The molecule has 1 aliphatic carbocycles. The van der Waals surface area contributed by atoms with Crippen LogP contribution in [0.3, 0.4) is 0 Å². The van der Waals surface area contributed by atoms with Crippen LogP contribution in [0.15, 0.2) is 12.3 Å². The van der Waals surface area contributed by atoms with Gasteiger partial charge in [-0.3, -0.25) is 0 Å². The van der Waals surface area contributed by atoms with E-state index in [9.17, 15) is 4.79 Å². The van der Waals surface area contributed by atoms with Crippen LogP contribution in [0.5, 0.6) is 5.75 Å². The largest absolute Gasteiger partial charge is 0.492 e. The molecule has 4 heteroatoms. The number of aromatic carboxylic acids is 1. The maximum absolute atomic E-state index is 10.8. The topological polar surface area (TPSA) is 59.4 Å². The number of pyridine rings is 1. The highest BCUT2D eigenvalue weighted by atomic mass is 16.5. The van der Waals surface area contributed by atoms with Crippen molar-refractivity contribution in [3.63, 3.8) is 0 Å². The second-order valence-corrected chi connectivity index (χ2v) is 4.25. The number of hydrogen-bond donors (Lipinski definition) is 1. The van der Waals surface area contributed by atoms with Gasteiger partial charge >= 0.3 is 5.97 Å². The van der Waals surface area contributed by atoms with E-state index >= 15 is 0 Å².